The number of aromatic amines is 1. The number of thiophene rings is 1. The molecular weight excluding hydrogens is 629 g/mol. The number of carbonyl (C=O) groups is 3. The van der Waals surface area contributed by atoms with Gasteiger partial charge in [-0.25, -0.2) is 0 Å². The van der Waals surface area contributed by atoms with E-state index >= 15 is 0 Å². The Bertz CT molecular complexity index is 1930. The van der Waals surface area contributed by atoms with Crippen molar-refractivity contribution < 1.29 is 37.5 Å². The average Bonchev–Trinajstić information content (AvgIpc) is 3.72. The van der Waals surface area contributed by atoms with E-state index in [1.54, 1.807) is 23.1 Å². The van der Waals surface area contributed by atoms with Crippen LogP contribution in [0.2, 0.25) is 0 Å². The summed E-state index contributed by atoms with van der Waals surface area (Å²) in [5.74, 6) is -1.37. The lowest BCUT2D eigenvalue weighted by Gasteiger charge is -2.35. The molecule has 4 heterocycles. The summed E-state index contributed by atoms with van der Waals surface area (Å²) < 4.78 is 40.3. The van der Waals surface area contributed by atoms with Gasteiger partial charge in [0.1, 0.15) is 18.2 Å². The Kier molecular flexibility index (Phi) is 7.94. The van der Waals surface area contributed by atoms with Gasteiger partial charge in [-0.05, 0) is 67.5 Å². The highest BCUT2D eigenvalue weighted by atomic mass is 32.1. The first-order valence-electron chi connectivity index (χ1n) is 14.2. The Morgan fingerprint density at radius 3 is 2.64 bits per heavy atom. The quantitative estimate of drug-likeness (QED) is 0.187. The SMILES string of the molecule is N#Cc1n[nH]c2ccc(NC(=O)[C@@H]3CC[C@@H]4CCCC[C@H](NC(=O)c5cc6cc(C(F)(F)P(=O)(O)O)ccc6s5)C(=O)N43)cc12. The van der Waals surface area contributed by atoms with Gasteiger partial charge in [0, 0.05) is 27.4 Å². The Labute approximate surface area is 258 Å². The third-order valence-corrected chi connectivity index (χ3v) is 10.4. The third kappa shape index (κ3) is 5.70. The second-order valence-electron chi connectivity index (χ2n) is 11.2. The number of fused-ring (bicyclic) bond motifs is 3. The number of halogens is 2. The number of nitrogens with zero attached hydrogens (tertiary/aromatic N) is 3. The normalized spacial score (nSPS) is 20.8. The summed E-state index contributed by atoms with van der Waals surface area (Å²) in [6, 6.07) is 9.59. The number of amides is 3. The lowest BCUT2D eigenvalue weighted by molar-refractivity contribution is -0.141. The average molecular weight is 657 g/mol. The Balaban J connectivity index is 1.20. The number of H-pyrrole nitrogens is 1. The van der Waals surface area contributed by atoms with Crippen molar-refractivity contribution in [1.29, 1.82) is 5.26 Å². The standard InChI is InChI=1S/C29H27F2N6O6PS/c30-29(31,44(41,42)43)16-5-10-24-15(11-16)12-25(45-24)27(39)34-21-4-2-1-3-18-7-9-23(37(18)28(21)40)26(38)33-17-6-8-20-19(13-17)22(14-32)36-35-20/h5-6,8,10-13,18,21,23H,1-4,7,9H2,(H,33,38)(H,34,39)(H,35,36)(H2,41,42,43)/t18-,21-,23-/m0/s1. The molecule has 2 aliphatic heterocycles. The van der Waals surface area contributed by atoms with Crippen LogP contribution >= 0.6 is 18.9 Å². The second-order valence-corrected chi connectivity index (χ2v) is 13.9. The molecule has 3 atom stereocenters. The number of rotatable bonds is 6. The summed E-state index contributed by atoms with van der Waals surface area (Å²) in [6.07, 6.45) is 3.61. The third-order valence-electron chi connectivity index (χ3n) is 8.33. The summed E-state index contributed by atoms with van der Waals surface area (Å²) >= 11 is 0.995. The number of nitrogens with one attached hydrogen (secondary N) is 3. The smallest absolute Gasteiger partial charge is 0.340 e. The van der Waals surface area contributed by atoms with Gasteiger partial charge in [-0.2, -0.15) is 19.1 Å². The minimum atomic E-state index is -5.77. The predicted octanol–water partition coefficient (Wildman–Crippen LogP) is 4.55. The number of hydrogen-bond acceptors (Lipinski definition) is 7. The van der Waals surface area contributed by atoms with Crippen LogP contribution in [0.5, 0.6) is 0 Å². The van der Waals surface area contributed by atoms with Gasteiger partial charge >= 0.3 is 13.3 Å². The minimum absolute atomic E-state index is 0.134. The number of nitriles is 1. The van der Waals surface area contributed by atoms with E-state index in [1.807, 2.05) is 6.07 Å². The molecule has 0 bridgehead atoms. The van der Waals surface area contributed by atoms with Gasteiger partial charge in [-0.1, -0.05) is 18.9 Å². The van der Waals surface area contributed by atoms with Crippen LogP contribution in [-0.4, -0.2) is 60.7 Å². The molecule has 4 aromatic rings. The zero-order chi connectivity index (χ0) is 32.1. The van der Waals surface area contributed by atoms with E-state index in [0.717, 1.165) is 36.3 Å². The maximum Gasteiger partial charge on any atom is 0.399 e. The Morgan fingerprint density at radius 2 is 1.89 bits per heavy atom. The molecule has 2 saturated heterocycles. The summed E-state index contributed by atoms with van der Waals surface area (Å²) in [5, 5.41) is 22.4. The summed E-state index contributed by atoms with van der Waals surface area (Å²) in [5.41, 5.74) is -3.98. The van der Waals surface area contributed by atoms with Gasteiger partial charge < -0.3 is 25.3 Å². The van der Waals surface area contributed by atoms with Crippen LogP contribution < -0.4 is 10.6 Å². The van der Waals surface area contributed by atoms with Crippen molar-refractivity contribution >= 4 is 63.3 Å². The first-order valence-corrected chi connectivity index (χ1v) is 16.6. The molecule has 16 heteroatoms. The van der Waals surface area contributed by atoms with Crippen molar-refractivity contribution in [2.45, 2.75) is 62.3 Å². The number of hydrogen-bond donors (Lipinski definition) is 5. The number of anilines is 1. The highest BCUT2D eigenvalue weighted by Crippen LogP contribution is 2.59. The molecule has 3 amide bonds. The maximum atomic E-state index is 14.3. The molecule has 0 spiro atoms. The van der Waals surface area contributed by atoms with Crippen LogP contribution in [0.15, 0.2) is 42.5 Å². The highest BCUT2D eigenvalue weighted by Gasteiger charge is 2.50. The Morgan fingerprint density at radius 1 is 1.11 bits per heavy atom. The molecule has 45 heavy (non-hydrogen) atoms. The first-order chi connectivity index (χ1) is 21.4. The number of carbonyl (C=O) groups excluding carboxylic acids is 3. The van der Waals surface area contributed by atoms with Crippen molar-refractivity contribution in [2.75, 3.05) is 5.32 Å². The van der Waals surface area contributed by atoms with Crippen molar-refractivity contribution in [2.24, 2.45) is 0 Å². The van der Waals surface area contributed by atoms with Gasteiger partial charge in [0.05, 0.1) is 10.4 Å². The second kappa shape index (κ2) is 11.6. The molecule has 0 radical (unpaired) electrons. The summed E-state index contributed by atoms with van der Waals surface area (Å²) in [4.78, 5) is 60.5. The van der Waals surface area contributed by atoms with E-state index in [0.29, 0.717) is 47.0 Å². The molecule has 2 fully saturated rings. The van der Waals surface area contributed by atoms with Gasteiger partial charge in [0.2, 0.25) is 11.8 Å². The molecule has 0 aliphatic carbocycles. The van der Waals surface area contributed by atoms with Crippen molar-refractivity contribution in [3.8, 4) is 6.07 Å². The van der Waals surface area contributed by atoms with Crippen LogP contribution in [0.25, 0.3) is 21.0 Å². The summed E-state index contributed by atoms with van der Waals surface area (Å²) in [6.45, 7) is 0. The monoisotopic (exact) mass is 656 g/mol. The molecule has 12 nitrogen and oxygen atoms in total. The number of alkyl halides is 2. The molecule has 2 aromatic carbocycles. The Hall–Kier alpha value is -4.22. The first kappa shape index (κ1) is 30.8. The van der Waals surface area contributed by atoms with Gasteiger partial charge in [-0.3, -0.25) is 24.0 Å². The van der Waals surface area contributed by atoms with Crippen molar-refractivity contribution in [3.63, 3.8) is 0 Å². The molecule has 2 aromatic heterocycles. The fourth-order valence-electron chi connectivity index (χ4n) is 6.07. The van der Waals surface area contributed by atoms with E-state index in [9.17, 15) is 33.0 Å². The van der Waals surface area contributed by atoms with E-state index < -0.39 is 36.8 Å². The van der Waals surface area contributed by atoms with Crippen LogP contribution in [0.1, 0.15) is 59.5 Å². The van der Waals surface area contributed by atoms with E-state index in [4.69, 9.17) is 9.79 Å². The molecule has 2 aliphatic rings. The van der Waals surface area contributed by atoms with Crippen LogP contribution in [0, 0.1) is 11.3 Å². The van der Waals surface area contributed by atoms with Gasteiger partial charge in [0.15, 0.2) is 5.69 Å². The van der Waals surface area contributed by atoms with Crippen molar-refractivity contribution in [1.82, 2.24) is 20.4 Å². The van der Waals surface area contributed by atoms with Gasteiger partial charge in [-0.15, -0.1) is 11.3 Å². The number of aromatic nitrogens is 2. The van der Waals surface area contributed by atoms with E-state index in [2.05, 4.69) is 20.8 Å². The fourth-order valence-corrected chi connectivity index (χ4v) is 7.49. The summed E-state index contributed by atoms with van der Waals surface area (Å²) in [7, 11) is -5.77. The largest absolute Gasteiger partial charge is 0.399 e. The van der Waals surface area contributed by atoms with Crippen molar-refractivity contribution in [3.05, 3.63) is 58.6 Å². The fraction of sp³-hybridized carbons (Fsp3) is 0.345. The molecular formula is C29H27F2N6O6PS. The zero-order valence-corrected chi connectivity index (χ0v) is 25.2. The molecule has 6 rings (SSSR count). The van der Waals surface area contributed by atoms with Crippen LogP contribution in [-0.2, 0) is 19.8 Å². The zero-order valence-electron chi connectivity index (χ0n) is 23.5. The minimum Gasteiger partial charge on any atom is -0.340 e. The molecule has 234 valence electrons. The molecule has 5 N–H and O–H groups in total. The lowest BCUT2D eigenvalue weighted by Crippen LogP contribution is -2.55. The van der Waals surface area contributed by atoms with Gasteiger partial charge in [0.25, 0.3) is 5.91 Å². The van der Waals surface area contributed by atoms with E-state index in [-0.39, 0.29) is 33.8 Å². The van der Waals surface area contributed by atoms with E-state index in [1.165, 1.54) is 12.1 Å². The van der Waals surface area contributed by atoms with Crippen LogP contribution in [0.3, 0.4) is 0 Å². The van der Waals surface area contributed by atoms with Crippen LogP contribution in [0.4, 0.5) is 14.5 Å². The highest BCUT2D eigenvalue weighted by molar-refractivity contribution is 7.52. The molecule has 0 unspecified atom stereocenters. The molecule has 0 saturated carbocycles. The predicted molar refractivity (Wildman–Crippen MR) is 161 cm³/mol. The topological polar surface area (TPSA) is 189 Å². The maximum absolute atomic E-state index is 14.3. The lowest BCUT2D eigenvalue weighted by atomic mass is 9.99. The number of benzene rings is 2.